The fraction of sp³-hybridized carbons (Fsp3) is 0.722. The number of nitrogens with one attached hydrogen (secondary N) is 2. The highest BCUT2D eigenvalue weighted by molar-refractivity contribution is 8.13. The van der Waals surface area contributed by atoms with E-state index >= 15 is 0 Å². The van der Waals surface area contributed by atoms with Gasteiger partial charge in [-0.25, -0.2) is 0 Å². The smallest absolute Gasteiger partial charge is 0.315 e. The summed E-state index contributed by atoms with van der Waals surface area (Å²) in [6.45, 7) is 4.60. The first-order chi connectivity index (χ1) is 13.5. The van der Waals surface area contributed by atoms with Crippen molar-refractivity contribution in [2.24, 2.45) is 5.41 Å². The molecule has 0 spiro atoms. The van der Waals surface area contributed by atoms with Crippen LogP contribution in [-0.2, 0) is 33.4 Å². The van der Waals surface area contributed by atoms with E-state index < -0.39 is 47.0 Å². The van der Waals surface area contributed by atoms with Crippen LogP contribution >= 0.6 is 11.8 Å². The van der Waals surface area contributed by atoms with E-state index in [1.807, 2.05) is 0 Å². The molecule has 2 amide bonds. The van der Waals surface area contributed by atoms with Gasteiger partial charge < -0.3 is 25.2 Å². The Kier molecular flexibility index (Phi) is 10.1. The summed E-state index contributed by atoms with van der Waals surface area (Å²) in [5.74, 6) is -2.16. The lowest BCUT2D eigenvalue weighted by molar-refractivity contribution is -0.169. The molecule has 1 fully saturated rings. The van der Waals surface area contributed by atoms with Gasteiger partial charge in [0.1, 0.15) is 13.0 Å². The quantitative estimate of drug-likeness (QED) is 0.387. The molecular weight excluding hydrogens is 404 g/mol. The second kappa shape index (κ2) is 11.8. The van der Waals surface area contributed by atoms with Crippen LogP contribution in [0.1, 0.15) is 40.0 Å². The second-order valence-corrected chi connectivity index (χ2v) is 8.51. The summed E-state index contributed by atoms with van der Waals surface area (Å²) < 4.78 is 10.4. The van der Waals surface area contributed by atoms with E-state index in [1.165, 1.54) is 6.92 Å². The van der Waals surface area contributed by atoms with Crippen LogP contribution in [0.4, 0.5) is 0 Å². The Hall–Kier alpha value is -2.14. The molecule has 29 heavy (non-hydrogen) atoms. The molecule has 1 aliphatic heterocycles. The molecule has 1 rings (SSSR count). The Bertz CT molecular complexity index is 635. The first kappa shape index (κ1) is 24.9. The van der Waals surface area contributed by atoms with Gasteiger partial charge in [0.15, 0.2) is 11.2 Å². The summed E-state index contributed by atoms with van der Waals surface area (Å²) in [5.41, 5.74) is -1.12. The van der Waals surface area contributed by atoms with E-state index in [-0.39, 0.29) is 38.4 Å². The Balaban J connectivity index is 2.89. The maximum Gasteiger partial charge on any atom is 0.315 e. The van der Waals surface area contributed by atoms with Crippen molar-refractivity contribution in [2.45, 2.75) is 52.2 Å². The number of carbonyl (C=O) groups is 5. The third-order valence-electron chi connectivity index (χ3n) is 3.89. The van der Waals surface area contributed by atoms with Crippen LogP contribution in [0.2, 0.25) is 0 Å². The lowest BCUT2D eigenvalue weighted by Gasteiger charge is -2.32. The molecule has 0 aromatic rings. The molecule has 2 atom stereocenters. The molecule has 0 radical (unpaired) electrons. The van der Waals surface area contributed by atoms with Gasteiger partial charge in [-0.3, -0.25) is 24.0 Å². The number of thioether (sulfide) groups is 1. The van der Waals surface area contributed by atoms with Crippen LogP contribution in [0.25, 0.3) is 0 Å². The molecular formula is C18H28N2O8S. The minimum atomic E-state index is -1.35. The predicted octanol–water partition coefficient (Wildman–Crippen LogP) is -0.475. The third-order valence-corrected chi connectivity index (χ3v) is 4.77. The maximum atomic E-state index is 12.6. The number of ether oxygens (including phenoxy) is 2. The number of cyclic esters (lactones) is 1. The molecule has 0 aliphatic carbocycles. The zero-order valence-electron chi connectivity index (χ0n) is 16.8. The Morgan fingerprint density at radius 1 is 1.28 bits per heavy atom. The SMILES string of the molecule is C[C@H](O)CC(=O)OCC(C)(C)[C@H]1OC(=O)CC(=O)SCCNC(=O)CCNC1=O. The number of carbonyl (C=O) groups excluding carboxylic acids is 5. The molecule has 0 bridgehead atoms. The first-order valence-corrected chi connectivity index (χ1v) is 10.2. The van der Waals surface area contributed by atoms with Crippen molar-refractivity contribution >= 4 is 40.6 Å². The summed E-state index contributed by atoms with van der Waals surface area (Å²) in [4.78, 5) is 60.0. The minimum Gasteiger partial charge on any atom is -0.465 e. The van der Waals surface area contributed by atoms with Crippen molar-refractivity contribution < 1.29 is 38.6 Å². The normalized spacial score (nSPS) is 21.3. The van der Waals surface area contributed by atoms with Gasteiger partial charge in [-0.05, 0) is 6.92 Å². The number of aliphatic hydroxyl groups is 1. The summed E-state index contributed by atoms with van der Waals surface area (Å²) in [7, 11) is 0. The molecule has 3 N–H and O–H groups in total. The van der Waals surface area contributed by atoms with Crippen LogP contribution in [0.15, 0.2) is 0 Å². The highest BCUT2D eigenvalue weighted by atomic mass is 32.2. The lowest BCUT2D eigenvalue weighted by atomic mass is 9.86. The molecule has 0 aromatic carbocycles. The molecule has 11 heteroatoms. The van der Waals surface area contributed by atoms with Crippen LogP contribution in [-0.4, -0.2) is 71.6 Å². The van der Waals surface area contributed by atoms with E-state index in [9.17, 15) is 29.1 Å². The Labute approximate surface area is 173 Å². The average Bonchev–Trinajstić information content (AvgIpc) is 2.60. The standard InChI is InChI=1S/C18H28N2O8S/c1-11(21)8-13(23)27-10-18(2,3)16-17(26)20-5-4-12(22)19-6-7-29-15(25)9-14(24)28-16/h11,16,21H,4-10H2,1-3H3,(H,19,22)(H,20,26)/t11-,16-/m0/s1. The lowest BCUT2D eigenvalue weighted by Crippen LogP contribution is -2.49. The topological polar surface area (TPSA) is 148 Å². The van der Waals surface area contributed by atoms with E-state index in [0.29, 0.717) is 5.75 Å². The number of amides is 2. The molecule has 164 valence electrons. The van der Waals surface area contributed by atoms with Gasteiger partial charge in [-0.1, -0.05) is 25.6 Å². The van der Waals surface area contributed by atoms with Crippen molar-refractivity contribution in [2.75, 3.05) is 25.4 Å². The van der Waals surface area contributed by atoms with E-state index in [1.54, 1.807) is 13.8 Å². The van der Waals surface area contributed by atoms with Crippen molar-refractivity contribution in [1.29, 1.82) is 0 Å². The van der Waals surface area contributed by atoms with E-state index in [4.69, 9.17) is 9.47 Å². The summed E-state index contributed by atoms with van der Waals surface area (Å²) in [6, 6.07) is 0. The van der Waals surface area contributed by atoms with Crippen molar-refractivity contribution in [3.05, 3.63) is 0 Å². The molecule has 1 saturated heterocycles. The number of aliphatic hydroxyl groups excluding tert-OH is 1. The fourth-order valence-electron chi connectivity index (χ4n) is 2.39. The van der Waals surface area contributed by atoms with Crippen LogP contribution in [0, 0.1) is 5.41 Å². The van der Waals surface area contributed by atoms with Gasteiger partial charge >= 0.3 is 11.9 Å². The van der Waals surface area contributed by atoms with E-state index in [0.717, 1.165) is 11.8 Å². The largest absolute Gasteiger partial charge is 0.465 e. The monoisotopic (exact) mass is 432 g/mol. The number of hydrogen-bond donors (Lipinski definition) is 3. The number of hydrogen-bond acceptors (Lipinski definition) is 9. The predicted molar refractivity (Wildman–Crippen MR) is 104 cm³/mol. The maximum absolute atomic E-state index is 12.6. The first-order valence-electron chi connectivity index (χ1n) is 9.24. The Morgan fingerprint density at radius 3 is 2.62 bits per heavy atom. The highest BCUT2D eigenvalue weighted by Crippen LogP contribution is 2.25. The molecule has 10 nitrogen and oxygen atoms in total. The van der Waals surface area contributed by atoms with Crippen LogP contribution in [0.5, 0.6) is 0 Å². The van der Waals surface area contributed by atoms with Gasteiger partial charge in [0.2, 0.25) is 5.91 Å². The molecule has 0 saturated carbocycles. The second-order valence-electron chi connectivity index (χ2n) is 7.36. The fourth-order valence-corrected chi connectivity index (χ4v) is 3.04. The average molecular weight is 432 g/mol. The highest BCUT2D eigenvalue weighted by Gasteiger charge is 2.40. The van der Waals surface area contributed by atoms with Gasteiger partial charge in [-0.2, -0.15) is 0 Å². The van der Waals surface area contributed by atoms with Crippen LogP contribution in [0.3, 0.4) is 0 Å². The van der Waals surface area contributed by atoms with Crippen molar-refractivity contribution in [3.63, 3.8) is 0 Å². The number of esters is 2. The molecule has 1 heterocycles. The van der Waals surface area contributed by atoms with Gasteiger partial charge in [0.05, 0.1) is 12.5 Å². The summed E-state index contributed by atoms with van der Waals surface area (Å²) in [6.07, 6.45) is -2.95. The zero-order valence-corrected chi connectivity index (χ0v) is 17.6. The summed E-state index contributed by atoms with van der Waals surface area (Å²) in [5, 5.41) is 13.9. The van der Waals surface area contributed by atoms with Gasteiger partial charge in [0, 0.05) is 30.7 Å². The number of rotatable bonds is 5. The van der Waals surface area contributed by atoms with Gasteiger partial charge in [0.25, 0.3) is 5.91 Å². The Morgan fingerprint density at radius 2 is 1.97 bits per heavy atom. The molecule has 1 aliphatic rings. The van der Waals surface area contributed by atoms with Crippen LogP contribution < -0.4 is 10.6 Å². The minimum absolute atomic E-state index is 0.0226. The zero-order chi connectivity index (χ0) is 22.0. The summed E-state index contributed by atoms with van der Waals surface area (Å²) >= 11 is 0.890. The molecule has 0 unspecified atom stereocenters. The van der Waals surface area contributed by atoms with Gasteiger partial charge in [-0.15, -0.1) is 0 Å². The van der Waals surface area contributed by atoms with Crippen molar-refractivity contribution in [3.8, 4) is 0 Å². The van der Waals surface area contributed by atoms with Crippen molar-refractivity contribution in [1.82, 2.24) is 10.6 Å². The van der Waals surface area contributed by atoms with E-state index in [2.05, 4.69) is 10.6 Å². The third kappa shape index (κ3) is 9.75. The molecule has 0 aromatic heterocycles.